The topological polar surface area (TPSA) is 48.1 Å². The normalized spacial score (nSPS) is 10.8. The van der Waals surface area contributed by atoms with Crippen molar-refractivity contribution in [2.45, 2.75) is 32.8 Å². The van der Waals surface area contributed by atoms with Crippen molar-refractivity contribution in [3.05, 3.63) is 45.7 Å². The van der Waals surface area contributed by atoms with Crippen molar-refractivity contribution in [1.29, 1.82) is 0 Å². The van der Waals surface area contributed by atoms with Crippen LogP contribution in [-0.2, 0) is 19.4 Å². The van der Waals surface area contributed by atoms with Crippen LogP contribution in [-0.4, -0.2) is 11.5 Å². The highest BCUT2D eigenvalue weighted by Crippen LogP contribution is 2.20. The Hall–Kier alpha value is -1.46. The summed E-state index contributed by atoms with van der Waals surface area (Å²) in [5, 5.41) is 3.07. The number of thiazole rings is 1. The maximum Gasteiger partial charge on any atom is 0.165 e. The number of nitrogens with two attached hydrogens (primary N) is 1. The van der Waals surface area contributed by atoms with Crippen molar-refractivity contribution in [2.24, 2.45) is 5.73 Å². The van der Waals surface area contributed by atoms with Gasteiger partial charge in [0.05, 0.1) is 10.7 Å². The Bertz CT molecular complexity index is 557. The van der Waals surface area contributed by atoms with Crippen LogP contribution in [0.25, 0.3) is 0 Å². The second kappa shape index (κ2) is 7.36. The van der Waals surface area contributed by atoms with Crippen LogP contribution in [0.15, 0.2) is 23.6 Å². The minimum atomic E-state index is -0.347. The highest BCUT2D eigenvalue weighted by Gasteiger charge is 2.07. The predicted molar refractivity (Wildman–Crippen MR) is 79.6 cm³/mol. The van der Waals surface area contributed by atoms with Gasteiger partial charge in [-0.1, -0.05) is 13.0 Å². The van der Waals surface area contributed by atoms with E-state index in [1.54, 1.807) is 17.4 Å². The zero-order valence-corrected chi connectivity index (χ0v) is 12.4. The Balaban J connectivity index is 1.95. The molecular formula is C15H19FN2OS. The Morgan fingerprint density at radius 1 is 1.35 bits per heavy atom. The molecule has 3 nitrogen and oxygen atoms in total. The summed E-state index contributed by atoms with van der Waals surface area (Å²) in [6, 6.07) is 4.97. The first kappa shape index (κ1) is 14.9. The van der Waals surface area contributed by atoms with E-state index in [0.717, 1.165) is 29.1 Å². The van der Waals surface area contributed by atoms with E-state index in [0.29, 0.717) is 19.6 Å². The Morgan fingerprint density at radius 3 is 2.90 bits per heavy atom. The van der Waals surface area contributed by atoms with Crippen molar-refractivity contribution in [1.82, 2.24) is 4.98 Å². The van der Waals surface area contributed by atoms with Crippen molar-refractivity contribution in [2.75, 3.05) is 6.54 Å². The minimum Gasteiger partial charge on any atom is -0.484 e. The minimum absolute atomic E-state index is 0.260. The van der Waals surface area contributed by atoms with Crippen LogP contribution < -0.4 is 10.5 Å². The molecule has 0 radical (unpaired) electrons. The highest BCUT2D eigenvalue weighted by molar-refractivity contribution is 7.09. The lowest BCUT2D eigenvalue weighted by Crippen LogP contribution is -2.04. The van der Waals surface area contributed by atoms with Gasteiger partial charge in [0.25, 0.3) is 0 Å². The predicted octanol–water partition coefficient (Wildman–Crippen LogP) is 3.31. The van der Waals surface area contributed by atoms with Gasteiger partial charge in [0.15, 0.2) is 11.6 Å². The van der Waals surface area contributed by atoms with E-state index in [1.807, 2.05) is 11.4 Å². The van der Waals surface area contributed by atoms with Crippen LogP contribution in [0.3, 0.4) is 0 Å². The molecule has 0 amide bonds. The third kappa shape index (κ3) is 4.02. The second-order valence-electron chi connectivity index (χ2n) is 4.57. The molecule has 2 rings (SSSR count). The number of hydrogen-bond donors (Lipinski definition) is 1. The lowest BCUT2D eigenvalue weighted by Gasteiger charge is -2.07. The molecule has 0 spiro atoms. The van der Waals surface area contributed by atoms with E-state index in [9.17, 15) is 4.39 Å². The lowest BCUT2D eigenvalue weighted by atomic mass is 10.1. The molecule has 0 bridgehead atoms. The van der Waals surface area contributed by atoms with Crippen LogP contribution >= 0.6 is 11.3 Å². The van der Waals surface area contributed by atoms with E-state index < -0.39 is 0 Å². The molecule has 0 saturated carbocycles. The molecule has 1 aromatic heterocycles. The van der Waals surface area contributed by atoms with E-state index in [1.165, 1.54) is 6.07 Å². The summed E-state index contributed by atoms with van der Waals surface area (Å²) in [5.74, 6) is -0.0872. The number of halogens is 1. The smallest absolute Gasteiger partial charge is 0.165 e. The third-order valence-electron chi connectivity index (χ3n) is 2.87. The lowest BCUT2D eigenvalue weighted by molar-refractivity contribution is 0.286. The summed E-state index contributed by atoms with van der Waals surface area (Å²) in [6.45, 7) is 2.93. The van der Waals surface area contributed by atoms with Gasteiger partial charge >= 0.3 is 0 Å². The molecule has 1 aromatic carbocycles. The summed E-state index contributed by atoms with van der Waals surface area (Å²) in [5.41, 5.74) is 7.19. The van der Waals surface area contributed by atoms with Gasteiger partial charge in [-0.15, -0.1) is 11.3 Å². The Morgan fingerprint density at radius 2 is 2.20 bits per heavy atom. The van der Waals surface area contributed by atoms with Gasteiger partial charge in [-0.25, -0.2) is 9.37 Å². The molecule has 0 aliphatic carbocycles. The van der Waals surface area contributed by atoms with E-state index in [4.69, 9.17) is 10.5 Å². The number of aryl methyl sites for hydroxylation is 1. The zero-order chi connectivity index (χ0) is 14.4. The number of nitrogens with zero attached hydrogens (tertiary/aromatic N) is 1. The number of ether oxygens (including phenoxy) is 1. The first-order valence-electron chi connectivity index (χ1n) is 6.77. The van der Waals surface area contributed by atoms with Crippen LogP contribution in [0.4, 0.5) is 4.39 Å². The molecule has 2 aromatic rings. The van der Waals surface area contributed by atoms with Crippen molar-refractivity contribution in [3.8, 4) is 5.75 Å². The van der Waals surface area contributed by atoms with Gasteiger partial charge in [-0.3, -0.25) is 0 Å². The first-order chi connectivity index (χ1) is 9.72. The van der Waals surface area contributed by atoms with Crippen molar-refractivity contribution < 1.29 is 9.13 Å². The number of benzene rings is 1. The first-order valence-corrected chi connectivity index (χ1v) is 7.65. The van der Waals surface area contributed by atoms with Crippen LogP contribution in [0.1, 0.15) is 29.6 Å². The molecule has 1 heterocycles. The van der Waals surface area contributed by atoms with Gasteiger partial charge in [0.2, 0.25) is 0 Å². The van der Waals surface area contributed by atoms with Gasteiger partial charge in [0, 0.05) is 5.38 Å². The molecule has 0 aliphatic rings. The highest BCUT2D eigenvalue weighted by atomic mass is 32.1. The summed E-state index contributed by atoms with van der Waals surface area (Å²) in [4.78, 5) is 4.45. The van der Waals surface area contributed by atoms with E-state index >= 15 is 0 Å². The molecule has 0 saturated heterocycles. The van der Waals surface area contributed by atoms with Gasteiger partial charge in [0.1, 0.15) is 6.61 Å². The molecule has 0 aliphatic heterocycles. The third-order valence-corrected chi connectivity index (χ3v) is 3.83. The summed E-state index contributed by atoms with van der Waals surface area (Å²) < 4.78 is 19.3. The van der Waals surface area contributed by atoms with Gasteiger partial charge in [-0.05, 0) is 43.5 Å². The fourth-order valence-corrected chi connectivity index (χ4v) is 2.76. The molecule has 5 heteroatoms. The number of rotatable bonds is 7. The Labute approximate surface area is 122 Å². The number of hydrogen-bond acceptors (Lipinski definition) is 4. The van der Waals surface area contributed by atoms with Crippen LogP contribution in [0.5, 0.6) is 5.75 Å². The number of aromatic nitrogens is 1. The fourth-order valence-electron chi connectivity index (χ4n) is 1.88. The SMILES string of the molecule is CCCc1nc(COc2ccc(CCN)cc2F)cs1. The van der Waals surface area contributed by atoms with Crippen molar-refractivity contribution in [3.63, 3.8) is 0 Å². The standard InChI is InChI=1S/C15H19FN2OS/c1-2-3-15-18-12(10-20-15)9-19-14-5-4-11(6-7-17)8-13(14)16/h4-5,8,10H,2-3,6-7,9,17H2,1H3. The average molecular weight is 294 g/mol. The van der Waals surface area contributed by atoms with E-state index in [2.05, 4.69) is 11.9 Å². The zero-order valence-electron chi connectivity index (χ0n) is 11.6. The second-order valence-corrected chi connectivity index (χ2v) is 5.52. The van der Waals surface area contributed by atoms with Crippen molar-refractivity contribution >= 4 is 11.3 Å². The maximum atomic E-state index is 13.8. The molecule has 0 atom stereocenters. The average Bonchev–Trinajstić information content (AvgIpc) is 2.86. The molecule has 108 valence electrons. The largest absolute Gasteiger partial charge is 0.484 e. The molecule has 0 fully saturated rings. The van der Waals surface area contributed by atoms with Gasteiger partial charge < -0.3 is 10.5 Å². The van der Waals surface area contributed by atoms with Gasteiger partial charge in [-0.2, -0.15) is 0 Å². The van der Waals surface area contributed by atoms with E-state index in [-0.39, 0.29) is 11.6 Å². The monoisotopic (exact) mass is 294 g/mol. The summed E-state index contributed by atoms with van der Waals surface area (Å²) in [7, 11) is 0. The molecular weight excluding hydrogens is 275 g/mol. The molecule has 2 N–H and O–H groups in total. The van der Waals surface area contributed by atoms with Crippen LogP contribution in [0, 0.1) is 5.82 Å². The summed E-state index contributed by atoms with van der Waals surface area (Å²) in [6.07, 6.45) is 2.72. The maximum absolute atomic E-state index is 13.8. The quantitative estimate of drug-likeness (QED) is 0.852. The fraction of sp³-hybridized carbons (Fsp3) is 0.400. The summed E-state index contributed by atoms with van der Waals surface area (Å²) >= 11 is 1.62. The van der Waals surface area contributed by atoms with Crippen LogP contribution in [0.2, 0.25) is 0 Å². The molecule has 0 unspecified atom stereocenters. The Kier molecular flexibility index (Phi) is 5.49. The molecule has 20 heavy (non-hydrogen) atoms.